The number of amides is 1. The summed E-state index contributed by atoms with van der Waals surface area (Å²) in [6.07, 6.45) is 1.88. The molecule has 0 aliphatic carbocycles. The molecule has 2 aromatic heterocycles. The van der Waals surface area contributed by atoms with Gasteiger partial charge in [-0.1, -0.05) is 0 Å². The fourth-order valence-electron chi connectivity index (χ4n) is 3.38. The predicted molar refractivity (Wildman–Crippen MR) is 91.6 cm³/mol. The normalized spacial score (nSPS) is 20.9. The first-order valence-electron chi connectivity index (χ1n) is 8.45. The molecule has 0 spiro atoms. The molecule has 29 heavy (non-hydrogen) atoms. The molecule has 4 rings (SSSR count). The largest absolute Gasteiger partial charge is 0.490 e. The molecule has 2 saturated heterocycles. The van der Waals surface area contributed by atoms with Crippen LogP contribution >= 0.6 is 0 Å². The third-order valence-corrected chi connectivity index (χ3v) is 4.52. The molecule has 2 aliphatic rings. The van der Waals surface area contributed by atoms with Crippen LogP contribution in [-0.2, 0) is 9.59 Å². The first-order chi connectivity index (χ1) is 13.7. The van der Waals surface area contributed by atoms with Gasteiger partial charge in [-0.3, -0.25) is 9.78 Å². The molecule has 2 atom stereocenters. The Morgan fingerprint density at radius 1 is 1.17 bits per heavy atom. The highest BCUT2D eigenvalue weighted by atomic mass is 19.4. The van der Waals surface area contributed by atoms with Gasteiger partial charge in [0, 0.05) is 19.2 Å². The van der Waals surface area contributed by atoms with E-state index in [1.165, 1.54) is 0 Å². The highest BCUT2D eigenvalue weighted by molar-refractivity contribution is 5.97. The summed E-state index contributed by atoms with van der Waals surface area (Å²) in [7, 11) is 0. The summed E-state index contributed by atoms with van der Waals surface area (Å²) in [6.45, 7) is 0.755. The number of carboxylic acids is 1. The lowest BCUT2D eigenvalue weighted by Gasteiger charge is -2.25. The number of halogens is 4. The van der Waals surface area contributed by atoms with E-state index in [9.17, 15) is 22.4 Å². The molecule has 2 aromatic rings. The van der Waals surface area contributed by atoms with Crippen LogP contribution in [0.4, 0.5) is 29.2 Å². The number of carbonyl (C=O) groups is 2. The Labute approximate surface area is 161 Å². The van der Waals surface area contributed by atoms with Gasteiger partial charge < -0.3 is 14.9 Å². The van der Waals surface area contributed by atoms with Crippen LogP contribution in [0.2, 0.25) is 0 Å². The molecule has 154 valence electrons. The van der Waals surface area contributed by atoms with E-state index in [-0.39, 0.29) is 18.0 Å². The van der Waals surface area contributed by atoms with Crippen LogP contribution in [0.15, 0.2) is 36.9 Å². The second-order valence-electron chi connectivity index (χ2n) is 6.30. The summed E-state index contributed by atoms with van der Waals surface area (Å²) < 4.78 is 44.7. The summed E-state index contributed by atoms with van der Waals surface area (Å²) in [6, 6.07) is 3.83. The number of carboxylic acid groups (broad SMARTS) is 1. The highest BCUT2D eigenvalue weighted by Gasteiger charge is 2.48. The van der Waals surface area contributed by atoms with E-state index in [0.717, 1.165) is 31.0 Å². The molecule has 4 heterocycles. The third kappa shape index (κ3) is 4.41. The number of carbonyl (C=O) groups excluding carboxylic acids is 1. The number of fused-ring (bicyclic) bond motifs is 1. The molecular formula is C17H15F4N5O3. The van der Waals surface area contributed by atoms with Crippen LogP contribution in [0.3, 0.4) is 0 Å². The number of hydrogen-bond donors (Lipinski definition) is 1. The van der Waals surface area contributed by atoms with E-state index in [1.54, 1.807) is 12.4 Å². The average molecular weight is 413 g/mol. The van der Waals surface area contributed by atoms with Crippen molar-refractivity contribution in [1.29, 1.82) is 0 Å². The predicted octanol–water partition coefficient (Wildman–Crippen LogP) is 2.03. The second-order valence-corrected chi connectivity index (χ2v) is 6.30. The molecule has 1 amide bonds. The molecule has 0 saturated carbocycles. The minimum absolute atomic E-state index is 0.0261. The molecule has 0 radical (unpaired) electrons. The van der Waals surface area contributed by atoms with Crippen LogP contribution in [0.25, 0.3) is 0 Å². The maximum atomic E-state index is 13.0. The van der Waals surface area contributed by atoms with Gasteiger partial charge in [-0.05, 0) is 18.6 Å². The Morgan fingerprint density at radius 2 is 1.83 bits per heavy atom. The van der Waals surface area contributed by atoms with Gasteiger partial charge in [-0.15, -0.1) is 0 Å². The summed E-state index contributed by atoms with van der Waals surface area (Å²) in [5.41, 5.74) is 0.821. The fourth-order valence-corrected chi connectivity index (χ4v) is 3.38. The van der Waals surface area contributed by atoms with Crippen molar-refractivity contribution in [3.8, 4) is 0 Å². The zero-order valence-corrected chi connectivity index (χ0v) is 14.8. The molecule has 2 unspecified atom stereocenters. The average Bonchev–Trinajstić information content (AvgIpc) is 3.20. The lowest BCUT2D eigenvalue weighted by atomic mass is 10.1. The number of rotatable bonds is 2. The van der Waals surface area contributed by atoms with Crippen molar-refractivity contribution >= 4 is 23.5 Å². The van der Waals surface area contributed by atoms with Crippen LogP contribution in [0.1, 0.15) is 12.8 Å². The minimum atomic E-state index is -5.08. The Hall–Kier alpha value is -3.31. The van der Waals surface area contributed by atoms with Crippen molar-refractivity contribution in [1.82, 2.24) is 15.0 Å². The Kier molecular flexibility index (Phi) is 5.62. The first-order valence-corrected chi connectivity index (χ1v) is 8.45. The van der Waals surface area contributed by atoms with E-state index in [1.807, 2.05) is 21.9 Å². The minimum Gasteiger partial charge on any atom is -0.475 e. The van der Waals surface area contributed by atoms with E-state index >= 15 is 0 Å². The number of aromatic nitrogens is 3. The van der Waals surface area contributed by atoms with Gasteiger partial charge in [0.1, 0.15) is 0 Å². The zero-order valence-electron chi connectivity index (χ0n) is 14.8. The van der Waals surface area contributed by atoms with Crippen molar-refractivity contribution in [2.75, 3.05) is 16.3 Å². The molecule has 0 aromatic carbocycles. The van der Waals surface area contributed by atoms with Crippen molar-refractivity contribution in [3.05, 3.63) is 42.7 Å². The van der Waals surface area contributed by atoms with E-state index in [4.69, 9.17) is 9.90 Å². The van der Waals surface area contributed by atoms with Crippen molar-refractivity contribution in [2.24, 2.45) is 0 Å². The lowest BCUT2D eigenvalue weighted by Crippen LogP contribution is -2.38. The maximum Gasteiger partial charge on any atom is 0.490 e. The van der Waals surface area contributed by atoms with Gasteiger partial charge in [-0.2, -0.15) is 13.2 Å². The molecule has 0 bridgehead atoms. The van der Waals surface area contributed by atoms with Crippen LogP contribution in [0.5, 0.6) is 0 Å². The van der Waals surface area contributed by atoms with Crippen LogP contribution in [-0.4, -0.2) is 56.7 Å². The van der Waals surface area contributed by atoms with Crippen molar-refractivity contribution in [3.63, 3.8) is 0 Å². The van der Waals surface area contributed by atoms with E-state index < -0.39 is 18.0 Å². The monoisotopic (exact) mass is 413 g/mol. The molecule has 12 heteroatoms. The number of hydrogen-bond acceptors (Lipinski definition) is 6. The van der Waals surface area contributed by atoms with Gasteiger partial charge in [0.15, 0.2) is 5.82 Å². The van der Waals surface area contributed by atoms with Gasteiger partial charge in [0.05, 0.1) is 36.4 Å². The van der Waals surface area contributed by atoms with Gasteiger partial charge >= 0.3 is 12.1 Å². The maximum absolute atomic E-state index is 13.0. The first kappa shape index (κ1) is 20.4. The Morgan fingerprint density at radius 3 is 2.38 bits per heavy atom. The summed E-state index contributed by atoms with van der Waals surface area (Å²) in [5.74, 6) is -2.66. The second kappa shape index (κ2) is 7.97. The molecule has 1 N–H and O–H groups in total. The quantitative estimate of drug-likeness (QED) is 0.752. The third-order valence-electron chi connectivity index (χ3n) is 4.52. The number of aliphatic carboxylic acids is 1. The topological polar surface area (TPSA) is 99.5 Å². The smallest absolute Gasteiger partial charge is 0.475 e. The fraction of sp³-hybridized carbons (Fsp3) is 0.353. The Balaban J connectivity index is 0.000000298. The van der Waals surface area contributed by atoms with Gasteiger partial charge in [0.2, 0.25) is 11.9 Å². The number of nitrogens with zero attached hydrogens (tertiary/aromatic N) is 5. The van der Waals surface area contributed by atoms with Gasteiger partial charge in [-0.25, -0.2) is 19.2 Å². The van der Waals surface area contributed by atoms with Gasteiger partial charge in [0.25, 0.3) is 0 Å². The molecular weight excluding hydrogens is 398 g/mol. The molecule has 2 aliphatic heterocycles. The molecule has 8 nitrogen and oxygen atoms in total. The number of anilines is 2. The molecule has 2 fully saturated rings. The lowest BCUT2D eigenvalue weighted by molar-refractivity contribution is -0.192. The van der Waals surface area contributed by atoms with E-state index in [0.29, 0.717) is 12.4 Å². The highest BCUT2D eigenvalue weighted by Crippen LogP contribution is 2.36. The van der Waals surface area contributed by atoms with Crippen LogP contribution in [0, 0.1) is 5.82 Å². The number of alkyl halides is 3. The zero-order chi connectivity index (χ0) is 21.2. The SMILES string of the molecule is O=C(O)C(F)(F)F.O=C1CC2C(CCN2c2ncc(F)cn2)N1c1cccnc1. The van der Waals surface area contributed by atoms with Crippen molar-refractivity contribution in [2.45, 2.75) is 31.1 Å². The summed E-state index contributed by atoms with van der Waals surface area (Å²) in [4.78, 5) is 37.3. The Bertz CT molecular complexity index is 879. The number of pyridine rings is 1. The van der Waals surface area contributed by atoms with Crippen molar-refractivity contribution < 1.29 is 32.3 Å². The van der Waals surface area contributed by atoms with Crippen LogP contribution < -0.4 is 9.80 Å². The summed E-state index contributed by atoms with van der Waals surface area (Å²) >= 11 is 0. The standard InChI is InChI=1S/C15H14FN5O.C2HF3O2/c16-10-7-18-15(19-8-10)20-5-3-12-13(20)6-14(22)21(12)11-2-1-4-17-9-11;3-2(4,5)1(6)7/h1-2,4,7-9,12-13H,3,5-6H2;(H,6,7). The summed E-state index contributed by atoms with van der Waals surface area (Å²) in [5, 5.41) is 7.12. The van der Waals surface area contributed by atoms with E-state index in [2.05, 4.69) is 15.0 Å².